The first kappa shape index (κ1) is 16.6. The van der Waals surface area contributed by atoms with E-state index in [-0.39, 0.29) is 0 Å². The van der Waals surface area contributed by atoms with Crippen molar-refractivity contribution in [2.75, 3.05) is 18.4 Å². The number of hydrogen-bond donors (Lipinski definition) is 2. The van der Waals surface area contributed by atoms with Gasteiger partial charge < -0.3 is 15.2 Å². The van der Waals surface area contributed by atoms with Gasteiger partial charge in [0.25, 0.3) is 0 Å². The number of halogens is 1. The molecule has 1 atom stereocenters. The predicted octanol–water partition coefficient (Wildman–Crippen LogP) is 4.67. The lowest BCUT2D eigenvalue weighted by atomic mass is 10.1. The van der Waals surface area contributed by atoms with Gasteiger partial charge in [-0.15, -0.1) is 0 Å². The van der Waals surface area contributed by atoms with E-state index in [1.165, 1.54) is 21.9 Å². The molecule has 1 fully saturated rings. The second kappa shape index (κ2) is 6.87. The van der Waals surface area contributed by atoms with Crippen LogP contribution in [0.3, 0.4) is 0 Å². The summed E-state index contributed by atoms with van der Waals surface area (Å²) in [4.78, 5) is 4.93. The molecule has 1 aliphatic heterocycles. The second-order valence-corrected chi connectivity index (χ2v) is 7.58. The Morgan fingerprint density at radius 3 is 2.89 bits per heavy atom. The van der Waals surface area contributed by atoms with Gasteiger partial charge in [-0.2, -0.15) is 0 Å². The fourth-order valence-electron chi connectivity index (χ4n) is 3.96. The van der Waals surface area contributed by atoms with E-state index in [0.29, 0.717) is 6.04 Å². The maximum Gasteiger partial charge on any atom is 0.136 e. The Morgan fingerprint density at radius 2 is 2.04 bits per heavy atom. The van der Waals surface area contributed by atoms with Gasteiger partial charge in [-0.25, -0.2) is 4.98 Å². The van der Waals surface area contributed by atoms with Gasteiger partial charge in [0.15, 0.2) is 0 Å². The SMILES string of the molecule is Clc1cccc(Cn2ccc3c(N[C@H]4CCNC4)nc4ccccc4c32)c1. The van der Waals surface area contributed by atoms with Crippen LogP contribution in [0, 0.1) is 0 Å². The quantitative estimate of drug-likeness (QED) is 0.544. The number of nitrogens with one attached hydrogen (secondary N) is 2. The first-order valence-electron chi connectivity index (χ1n) is 9.37. The Kier molecular flexibility index (Phi) is 4.23. The molecule has 3 heterocycles. The van der Waals surface area contributed by atoms with E-state index in [0.717, 1.165) is 42.4 Å². The zero-order chi connectivity index (χ0) is 18.2. The first-order chi connectivity index (χ1) is 13.3. The molecular weight excluding hydrogens is 356 g/mol. The van der Waals surface area contributed by atoms with Crippen molar-refractivity contribution in [2.24, 2.45) is 0 Å². The maximum absolute atomic E-state index is 6.18. The lowest BCUT2D eigenvalue weighted by Gasteiger charge is -2.15. The van der Waals surface area contributed by atoms with Crippen LogP contribution in [0.4, 0.5) is 5.82 Å². The minimum Gasteiger partial charge on any atom is -0.365 e. The van der Waals surface area contributed by atoms with Crippen molar-refractivity contribution in [1.29, 1.82) is 0 Å². The molecule has 5 heteroatoms. The maximum atomic E-state index is 6.18. The minimum atomic E-state index is 0.429. The third-order valence-electron chi connectivity index (χ3n) is 5.25. The minimum absolute atomic E-state index is 0.429. The standard InChI is InChI=1S/C22H21ClN4/c23-16-5-3-4-15(12-16)14-27-11-9-19-21(27)18-6-1-2-7-20(18)26-22(19)25-17-8-10-24-13-17/h1-7,9,11-12,17,24H,8,10,13-14H2,(H,25,26)/t17-/m0/s1. The summed E-state index contributed by atoms with van der Waals surface area (Å²) >= 11 is 6.18. The van der Waals surface area contributed by atoms with Crippen molar-refractivity contribution in [2.45, 2.75) is 19.0 Å². The number of nitrogens with zero attached hydrogens (tertiary/aromatic N) is 2. The molecule has 0 aliphatic carbocycles. The molecule has 2 aromatic carbocycles. The van der Waals surface area contributed by atoms with Crippen molar-refractivity contribution < 1.29 is 0 Å². The number of aromatic nitrogens is 2. The molecule has 5 rings (SSSR count). The van der Waals surface area contributed by atoms with Gasteiger partial charge in [0, 0.05) is 41.1 Å². The summed E-state index contributed by atoms with van der Waals surface area (Å²) in [6.07, 6.45) is 3.27. The molecule has 27 heavy (non-hydrogen) atoms. The summed E-state index contributed by atoms with van der Waals surface area (Å²) in [6.45, 7) is 2.83. The van der Waals surface area contributed by atoms with Gasteiger partial charge >= 0.3 is 0 Å². The van der Waals surface area contributed by atoms with Crippen molar-refractivity contribution >= 4 is 39.2 Å². The topological polar surface area (TPSA) is 41.9 Å². The van der Waals surface area contributed by atoms with E-state index < -0.39 is 0 Å². The van der Waals surface area contributed by atoms with Crippen LogP contribution in [0.15, 0.2) is 60.8 Å². The smallest absolute Gasteiger partial charge is 0.136 e. The highest BCUT2D eigenvalue weighted by atomic mass is 35.5. The van der Waals surface area contributed by atoms with Crippen molar-refractivity contribution in [3.05, 3.63) is 71.4 Å². The highest BCUT2D eigenvalue weighted by molar-refractivity contribution is 6.30. The number of rotatable bonds is 4. The first-order valence-corrected chi connectivity index (χ1v) is 9.75. The van der Waals surface area contributed by atoms with E-state index in [1.54, 1.807) is 0 Å². The Balaban J connectivity index is 1.65. The van der Waals surface area contributed by atoms with Crippen LogP contribution in [0.5, 0.6) is 0 Å². The van der Waals surface area contributed by atoms with Crippen molar-refractivity contribution in [3.8, 4) is 0 Å². The van der Waals surface area contributed by atoms with Gasteiger partial charge in [-0.1, -0.05) is 41.9 Å². The fourth-order valence-corrected chi connectivity index (χ4v) is 4.17. The average Bonchev–Trinajstić information content (AvgIpc) is 3.32. The normalized spacial score (nSPS) is 17.0. The predicted molar refractivity (Wildman–Crippen MR) is 113 cm³/mol. The largest absolute Gasteiger partial charge is 0.365 e. The van der Waals surface area contributed by atoms with Crippen molar-refractivity contribution in [3.63, 3.8) is 0 Å². The van der Waals surface area contributed by atoms with Gasteiger partial charge in [0.05, 0.1) is 11.0 Å². The molecule has 1 aliphatic rings. The van der Waals surface area contributed by atoms with E-state index in [9.17, 15) is 0 Å². The molecule has 0 unspecified atom stereocenters. The molecule has 2 N–H and O–H groups in total. The number of benzene rings is 2. The molecule has 4 aromatic rings. The summed E-state index contributed by atoms with van der Waals surface area (Å²) in [7, 11) is 0. The Labute approximate surface area is 163 Å². The molecule has 0 radical (unpaired) electrons. The lowest BCUT2D eigenvalue weighted by molar-refractivity contribution is 0.790. The van der Waals surface area contributed by atoms with E-state index in [2.05, 4.69) is 51.7 Å². The average molecular weight is 377 g/mol. The monoisotopic (exact) mass is 376 g/mol. The molecule has 1 saturated heterocycles. The number of pyridine rings is 1. The van der Waals surface area contributed by atoms with Crippen LogP contribution in [0.1, 0.15) is 12.0 Å². The van der Waals surface area contributed by atoms with Crippen molar-refractivity contribution in [1.82, 2.24) is 14.9 Å². The summed E-state index contributed by atoms with van der Waals surface area (Å²) in [5.74, 6) is 0.974. The third kappa shape index (κ3) is 3.15. The highest BCUT2D eigenvalue weighted by Crippen LogP contribution is 2.31. The summed E-state index contributed by atoms with van der Waals surface area (Å²) in [5, 5.41) is 10.2. The highest BCUT2D eigenvalue weighted by Gasteiger charge is 2.18. The van der Waals surface area contributed by atoms with Gasteiger partial charge in [0.1, 0.15) is 5.82 Å². The summed E-state index contributed by atoms with van der Waals surface area (Å²) in [6, 6.07) is 19.0. The van der Waals surface area contributed by atoms with E-state index in [4.69, 9.17) is 16.6 Å². The number of para-hydroxylation sites is 1. The van der Waals surface area contributed by atoms with Gasteiger partial charge in [0.2, 0.25) is 0 Å². The van der Waals surface area contributed by atoms with Crippen LogP contribution in [0.25, 0.3) is 21.8 Å². The fraction of sp³-hybridized carbons (Fsp3) is 0.227. The Hall–Kier alpha value is -2.56. The number of hydrogen-bond acceptors (Lipinski definition) is 3. The van der Waals surface area contributed by atoms with Gasteiger partial charge in [-0.05, 0) is 42.8 Å². The van der Waals surface area contributed by atoms with Crippen LogP contribution >= 0.6 is 11.6 Å². The molecule has 0 bridgehead atoms. The third-order valence-corrected chi connectivity index (χ3v) is 5.49. The van der Waals surface area contributed by atoms with Crippen LogP contribution in [-0.2, 0) is 6.54 Å². The number of fused-ring (bicyclic) bond motifs is 3. The molecule has 0 saturated carbocycles. The Morgan fingerprint density at radius 1 is 1.11 bits per heavy atom. The zero-order valence-electron chi connectivity index (χ0n) is 15.0. The Bertz CT molecular complexity index is 1110. The van der Waals surface area contributed by atoms with Crippen LogP contribution < -0.4 is 10.6 Å². The van der Waals surface area contributed by atoms with E-state index >= 15 is 0 Å². The molecular formula is C22H21ClN4. The summed E-state index contributed by atoms with van der Waals surface area (Å²) in [5.41, 5.74) is 3.42. The molecule has 0 spiro atoms. The van der Waals surface area contributed by atoms with Gasteiger partial charge in [-0.3, -0.25) is 0 Å². The molecule has 4 nitrogen and oxygen atoms in total. The summed E-state index contributed by atoms with van der Waals surface area (Å²) < 4.78 is 2.29. The molecule has 2 aromatic heterocycles. The van der Waals surface area contributed by atoms with Crippen LogP contribution in [-0.4, -0.2) is 28.7 Å². The zero-order valence-corrected chi connectivity index (χ0v) is 15.7. The van der Waals surface area contributed by atoms with Crippen LogP contribution in [0.2, 0.25) is 5.02 Å². The second-order valence-electron chi connectivity index (χ2n) is 7.15. The lowest BCUT2D eigenvalue weighted by Crippen LogP contribution is -2.22. The molecule has 0 amide bonds. The number of anilines is 1. The molecule has 136 valence electrons. The van der Waals surface area contributed by atoms with E-state index in [1.807, 2.05) is 24.3 Å².